The Morgan fingerprint density at radius 2 is 2.11 bits per heavy atom. The molecular formula is C14H22N2O2. The number of hydrogen-bond acceptors (Lipinski definition) is 4. The molecule has 4 nitrogen and oxygen atoms in total. The largest absolute Gasteiger partial charge is 0.508 e. The van der Waals surface area contributed by atoms with Crippen LogP contribution >= 0.6 is 0 Å². The first-order valence-electron chi connectivity index (χ1n) is 6.52. The molecule has 1 aromatic carbocycles. The van der Waals surface area contributed by atoms with Crippen LogP contribution in [0.5, 0.6) is 11.5 Å². The zero-order valence-electron chi connectivity index (χ0n) is 11.0. The van der Waals surface area contributed by atoms with E-state index in [-0.39, 0.29) is 23.6 Å². The lowest BCUT2D eigenvalue weighted by Gasteiger charge is -2.40. The molecule has 3 atom stereocenters. The molecule has 18 heavy (non-hydrogen) atoms. The Hall–Kier alpha value is -1.26. The van der Waals surface area contributed by atoms with E-state index in [1.165, 1.54) is 6.07 Å². The molecule has 2 rings (SSSR count). The molecule has 1 aliphatic heterocycles. The van der Waals surface area contributed by atoms with Gasteiger partial charge < -0.3 is 15.9 Å². The molecule has 100 valence electrons. The summed E-state index contributed by atoms with van der Waals surface area (Å²) < 4.78 is 0. The van der Waals surface area contributed by atoms with Crippen molar-refractivity contribution in [2.45, 2.75) is 44.8 Å². The molecule has 1 aromatic rings. The van der Waals surface area contributed by atoms with Crippen molar-refractivity contribution >= 4 is 0 Å². The summed E-state index contributed by atoms with van der Waals surface area (Å²) in [6.45, 7) is 5.15. The van der Waals surface area contributed by atoms with Gasteiger partial charge in [-0.15, -0.1) is 0 Å². The van der Waals surface area contributed by atoms with Gasteiger partial charge in [-0.3, -0.25) is 4.90 Å². The second-order valence-electron chi connectivity index (χ2n) is 5.29. The van der Waals surface area contributed by atoms with Crippen LogP contribution in [-0.2, 0) is 0 Å². The van der Waals surface area contributed by atoms with Gasteiger partial charge in [-0.1, -0.05) is 0 Å². The molecule has 4 N–H and O–H groups in total. The van der Waals surface area contributed by atoms with Gasteiger partial charge in [0.1, 0.15) is 11.5 Å². The van der Waals surface area contributed by atoms with E-state index in [1.54, 1.807) is 12.1 Å². The second-order valence-corrected chi connectivity index (χ2v) is 5.29. The zero-order chi connectivity index (χ0) is 13.3. The first-order valence-corrected chi connectivity index (χ1v) is 6.52. The summed E-state index contributed by atoms with van der Waals surface area (Å²) in [6.07, 6.45) is 1.96. The Kier molecular flexibility index (Phi) is 3.78. The maximum Gasteiger partial charge on any atom is 0.120 e. The standard InChI is InChI=1S/C14H22N2O2/c1-9-7-11(15)5-6-16(9)10(2)13-8-12(17)3-4-14(13)18/h3-4,8-11,17-18H,5-7,15H2,1-2H3. The minimum Gasteiger partial charge on any atom is -0.508 e. The number of rotatable bonds is 2. The highest BCUT2D eigenvalue weighted by atomic mass is 16.3. The molecule has 1 aliphatic rings. The van der Waals surface area contributed by atoms with E-state index in [9.17, 15) is 10.2 Å². The van der Waals surface area contributed by atoms with Gasteiger partial charge in [-0.05, 0) is 44.9 Å². The van der Waals surface area contributed by atoms with Gasteiger partial charge in [0.15, 0.2) is 0 Å². The minimum atomic E-state index is 0.0830. The van der Waals surface area contributed by atoms with E-state index in [0.717, 1.165) is 24.9 Å². The second kappa shape index (κ2) is 5.16. The normalized spacial score (nSPS) is 27.1. The van der Waals surface area contributed by atoms with Crippen LogP contribution in [0.2, 0.25) is 0 Å². The number of phenols is 2. The van der Waals surface area contributed by atoms with E-state index in [0.29, 0.717) is 6.04 Å². The van der Waals surface area contributed by atoms with E-state index in [4.69, 9.17) is 5.73 Å². The van der Waals surface area contributed by atoms with Crippen LogP contribution < -0.4 is 5.73 Å². The average molecular weight is 250 g/mol. The lowest BCUT2D eigenvalue weighted by Crippen LogP contribution is -2.46. The topological polar surface area (TPSA) is 69.7 Å². The minimum absolute atomic E-state index is 0.0830. The van der Waals surface area contributed by atoms with E-state index in [1.807, 2.05) is 0 Å². The predicted octanol–water partition coefficient (Wildman–Crippen LogP) is 1.97. The molecule has 0 amide bonds. The summed E-state index contributed by atoms with van der Waals surface area (Å²) in [5.74, 6) is 0.429. The summed E-state index contributed by atoms with van der Waals surface area (Å²) in [5, 5.41) is 19.5. The highest BCUT2D eigenvalue weighted by molar-refractivity contribution is 5.40. The number of nitrogens with zero attached hydrogens (tertiary/aromatic N) is 1. The summed E-state index contributed by atoms with van der Waals surface area (Å²) in [7, 11) is 0. The summed E-state index contributed by atoms with van der Waals surface area (Å²) in [5.41, 5.74) is 6.74. The summed E-state index contributed by atoms with van der Waals surface area (Å²) in [4.78, 5) is 2.33. The number of benzene rings is 1. The Bertz CT molecular complexity index is 422. The zero-order valence-corrected chi connectivity index (χ0v) is 11.0. The van der Waals surface area contributed by atoms with Crippen molar-refractivity contribution in [2.24, 2.45) is 5.73 Å². The van der Waals surface area contributed by atoms with Crippen LogP contribution in [0.4, 0.5) is 0 Å². The molecule has 0 aliphatic carbocycles. The van der Waals surface area contributed by atoms with E-state index >= 15 is 0 Å². The van der Waals surface area contributed by atoms with E-state index in [2.05, 4.69) is 18.7 Å². The quantitative estimate of drug-likeness (QED) is 0.702. The number of likely N-dealkylation sites (tertiary alicyclic amines) is 1. The van der Waals surface area contributed by atoms with E-state index < -0.39 is 0 Å². The smallest absolute Gasteiger partial charge is 0.120 e. The van der Waals surface area contributed by atoms with Gasteiger partial charge in [0.2, 0.25) is 0 Å². The van der Waals surface area contributed by atoms with Gasteiger partial charge in [0, 0.05) is 30.2 Å². The van der Waals surface area contributed by atoms with Crippen molar-refractivity contribution in [1.29, 1.82) is 0 Å². The molecule has 0 aromatic heterocycles. The van der Waals surface area contributed by atoms with Crippen molar-refractivity contribution in [3.63, 3.8) is 0 Å². The highest BCUT2D eigenvalue weighted by Gasteiger charge is 2.28. The summed E-state index contributed by atoms with van der Waals surface area (Å²) >= 11 is 0. The SMILES string of the molecule is CC1CC(N)CCN1C(C)c1cc(O)ccc1O. The fourth-order valence-electron chi connectivity index (χ4n) is 2.86. The predicted molar refractivity (Wildman–Crippen MR) is 71.6 cm³/mol. The number of hydrogen-bond donors (Lipinski definition) is 3. The molecule has 0 saturated carbocycles. The molecule has 1 saturated heterocycles. The van der Waals surface area contributed by atoms with Crippen molar-refractivity contribution in [1.82, 2.24) is 4.90 Å². The molecule has 3 unspecified atom stereocenters. The summed E-state index contributed by atoms with van der Waals surface area (Å²) in [6, 6.07) is 5.44. The third kappa shape index (κ3) is 2.60. The van der Waals surface area contributed by atoms with Gasteiger partial charge >= 0.3 is 0 Å². The molecule has 0 spiro atoms. The highest BCUT2D eigenvalue weighted by Crippen LogP contribution is 2.34. The van der Waals surface area contributed by atoms with Crippen molar-refractivity contribution in [2.75, 3.05) is 6.54 Å². The Morgan fingerprint density at radius 3 is 2.78 bits per heavy atom. The Labute approximate surface area is 108 Å². The maximum atomic E-state index is 9.91. The fraction of sp³-hybridized carbons (Fsp3) is 0.571. The Balaban J connectivity index is 2.20. The monoisotopic (exact) mass is 250 g/mol. The third-order valence-electron chi connectivity index (χ3n) is 3.93. The van der Waals surface area contributed by atoms with Crippen LogP contribution in [0.15, 0.2) is 18.2 Å². The lowest BCUT2D eigenvalue weighted by molar-refractivity contribution is 0.103. The fourth-order valence-corrected chi connectivity index (χ4v) is 2.86. The van der Waals surface area contributed by atoms with Crippen molar-refractivity contribution in [3.8, 4) is 11.5 Å². The number of nitrogens with two attached hydrogens (primary N) is 1. The number of aromatic hydroxyl groups is 2. The Morgan fingerprint density at radius 1 is 1.39 bits per heavy atom. The molecule has 0 bridgehead atoms. The third-order valence-corrected chi connectivity index (χ3v) is 3.93. The van der Waals surface area contributed by atoms with Crippen LogP contribution in [0, 0.1) is 0 Å². The van der Waals surface area contributed by atoms with Crippen molar-refractivity contribution in [3.05, 3.63) is 23.8 Å². The average Bonchev–Trinajstić information content (AvgIpc) is 2.31. The maximum absolute atomic E-state index is 9.91. The van der Waals surface area contributed by atoms with Crippen molar-refractivity contribution < 1.29 is 10.2 Å². The molecule has 1 fully saturated rings. The van der Waals surface area contributed by atoms with Crippen LogP contribution in [-0.4, -0.2) is 33.7 Å². The first-order chi connectivity index (χ1) is 8.49. The van der Waals surface area contributed by atoms with Crippen LogP contribution in [0.1, 0.15) is 38.3 Å². The lowest BCUT2D eigenvalue weighted by atomic mass is 9.95. The first kappa shape index (κ1) is 13.2. The number of phenolic OH excluding ortho intramolecular Hbond substituents is 2. The van der Waals surface area contributed by atoms with Gasteiger partial charge in [0.05, 0.1) is 0 Å². The molecule has 4 heteroatoms. The molecule has 1 heterocycles. The molecular weight excluding hydrogens is 228 g/mol. The van der Waals surface area contributed by atoms with Crippen LogP contribution in [0.3, 0.4) is 0 Å². The number of piperidine rings is 1. The van der Waals surface area contributed by atoms with Gasteiger partial charge in [-0.25, -0.2) is 0 Å². The molecule has 0 radical (unpaired) electrons. The van der Waals surface area contributed by atoms with Crippen LogP contribution in [0.25, 0.3) is 0 Å². The van der Waals surface area contributed by atoms with Gasteiger partial charge in [-0.2, -0.15) is 0 Å². The van der Waals surface area contributed by atoms with Gasteiger partial charge in [0.25, 0.3) is 0 Å².